The molecule has 0 radical (unpaired) electrons. The second-order valence-electron chi connectivity index (χ2n) is 5.08. The van der Waals surface area contributed by atoms with Crippen LogP contribution in [0.25, 0.3) is 6.08 Å². The molecule has 0 bridgehead atoms. The van der Waals surface area contributed by atoms with Gasteiger partial charge in [-0.2, -0.15) is 8.78 Å². The maximum absolute atomic E-state index is 12.3. The van der Waals surface area contributed by atoms with Crippen molar-refractivity contribution in [2.24, 2.45) is 0 Å². The van der Waals surface area contributed by atoms with E-state index in [0.29, 0.717) is 11.3 Å². The van der Waals surface area contributed by atoms with Gasteiger partial charge in [-0.25, -0.2) is 4.79 Å². The van der Waals surface area contributed by atoms with E-state index < -0.39 is 12.6 Å². The number of halogens is 2. The lowest BCUT2D eigenvalue weighted by Gasteiger charge is -2.10. The van der Waals surface area contributed by atoms with Crippen molar-refractivity contribution in [3.8, 4) is 17.2 Å². The molecule has 0 saturated heterocycles. The molecule has 138 valence electrons. The normalized spacial score (nSPS) is 10.8. The van der Waals surface area contributed by atoms with E-state index in [0.717, 1.165) is 5.56 Å². The average Bonchev–Trinajstić information content (AvgIpc) is 2.65. The Hall–Kier alpha value is -3.09. The molecule has 2 aromatic rings. The number of methoxy groups -OCH3 is 2. The van der Waals surface area contributed by atoms with Crippen molar-refractivity contribution in [2.45, 2.75) is 13.2 Å². The Labute approximate surface area is 149 Å². The average molecular weight is 364 g/mol. The van der Waals surface area contributed by atoms with Crippen molar-refractivity contribution in [3.05, 3.63) is 59.7 Å². The first-order valence-corrected chi connectivity index (χ1v) is 7.62. The lowest BCUT2D eigenvalue weighted by molar-refractivity contribution is -0.138. The molecule has 0 spiro atoms. The van der Waals surface area contributed by atoms with Gasteiger partial charge in [0, 0.05) is 6.08 Å². The van der Waals surface area contributed by atoms with E-state index in [1.165, 1.54) is 37.5 Å². The highest BCUT2D eigenvalue weighted by Gasteiger charge is 2.10. The van der Waals surface area contributed by atoms with Crippen molar-refractivity contribution in [1.29, 1.82) is 0 Å². The van der Waals surface area contributed by atoms with Crippen LogP contribution in [0.2, 0.25) is 0 Å². The van der Waals surface area contributed by atoms with Gasteiger partial charge in [0.05, 0.1) is 14.2 Å². The van der Waals surface area contributed by atoms with E-state index in [-0.39, 0.29) is 18.1 Å². The van der Waals surface area contributed by atoms with Gasteiger partial charge in [-0.3, -0.25) is 0 Å². The zero-order valence-corrected chi connectivity index (χ0v) is 14.3. The number of benzene rings is 2. The standard InChI is InChI=1S/C19H18F2O5/c1-23-15-7-3-14(4-8-15)12-25-18(22)10-6-13-5-9-16(26-19(20)21)17(11-13)24-2/h3-11,19H,12H2,1-2H3/b10-6+. The van der Waals surface area contributed by atoms with E-state index in [9.17, 15) is 13.6 Å². The number of hydrogen-bond acceptors (Lipinski definition) is 5. The summed E-state index contributed by atoms with van der Waals surface area (Å²) in [5, 5.41) is 0. The molecule has 0 aromatic heterocycles. The summed E-state index contributed by atoms with van der Waals surface area (Å²) < 4.78 is 44.1. The Morgan fingerprint density at radius 2 is 1.77 bits per heavy atom. The summed E-state index contributed by atoms with van der Waals surface area (Å²) >= 11 is 0. The van der Waals surface area contributed by atoms with Crippen molar-refractivity contribution in [2.75, 3.05) is 14.2 Å². The highest BCUT2D eigenvalue weighted by atomic mass is 19.3. The lowest BCUT2D eigenvalue weighted by Crippen LogP contribution is -2.03. The van der Waals surface area contributed by atoms with Gasteiger partial charge >= 0.3 is 12.6 Å². The van der Waals surface area contributed by atoms with Crippen molar-refractivity contribution < 1.29 is 32.5 Å². The Morgan fingerprint density at radius 3 is 2.38 bits per heavy atom. The van der Waals surface area contributed by atoms with Crippen LogP contribution in [0.15, 0.2) is 48.5 Å². The van der Waals surface area contributed by atoms with Gasteiger partial charge in [-0.1, -0.05) is 18.2 Å². The van der Waals surface area contributed by atoms with Gasteiger partial charge in [0.15, 0.2) is 11.5 Å². The number of carbonyl (C=O) groups excluding carboxylic acids is 1. The number of alkyl halides is 2. The molecule has 0 aliphatic carbocycles. The van der Waals surface area contributed by atoms with Gasteiger partial charge in [-0.05, 0) is 41.5 Å². The largest absolute Gasteiger partial charge is 0.497 e. The molecule has 26 heavy (non-hydrogen) atoms. The third-order valence-corrected chi connectivity index (χ3v) is 3.36. The molecule has 0 amide bonds. The molecule has 7 heteroatoms. The summed E-state index contributed by atoms with van der Waals surface area (Å²) in [6.45, 7) is -2.82. The maximum Gasteiger partial charge on any atom is 0.387 e. The molecular weight excluding hydrogens is 346 g/mol. The summed E-state index contributed by atoms with van der Waals surface area (Å²) in [4.78, 5) is 11.8. The minimum absolute atomic E-state index is 0.0817. The van der Waals surface area contributed by atoms with E-state index >= 15 is 0 Å². The van der Waals surface area contributed by atoms with Crippen LogP contribution in [-0.2, 0) is 16.1 Å². The first-order chi connectivity index (χ1) is 12.5. The predicted octanol–water partition coefficient (Wildman–Crippen LogP) is 4.06. The van der Waals surface area contributed by atoms with Crippen LogP contribution in [0.1, 0.15) is 11.1 Å². The molecule has 0 fully saturated rings. The smallest absolute Gasteiger partial charge is 0.387 e. The number of ether oxygens (including phenoxy) is 4. The number of esters is 1. The van der Waals surface area contributed by atoms with Crippen molar-refractivity contribution >= 4 is 12.0 Å². The Morgan fingerprint density at radius 1 is 1.04 bits per heavy atom. The minimum atomic E-state index is -2.95. The number of hydrogen-bond donors (Lipinski definition) is 0. The fraction of sp³-hybridized carbons (Fsp3) is 0.211. The quantitative estimate of drug-likeness (QED) is 0.522. The molecule has 0 saturated carbocycles. The summed E-state index contributed by atoms with van der Waals surface area (Å²) in [6, 6.07) is 11.5. The molecular formula is C19H18F2O5. The van der Waals surface area contributed by atoms with Crippen LogP contribution >= 0.6 is 0 Å². The Bertz CT molecular complexity index is 757. The molecule has 0 heterocycles. The van der Waals surface area contributed by atoms with Crippen LogP contribution in [0.4, 0.5) is 8.78 Å². The van der Waals surface area contributed by atoms with Crippen LogP contribution in [-0.4, -0.2) is 26.8 Å². The van der Waals surface area contributed by atoms with Gasteiger partial charge in [-0.15, -0.1) is 0 Å². The fourth-order valence-corrected chi connectivity index (χ4v) is 2.07. The Balaban J connectivity index is 1.94. The molecule has 5 nitrogen and oxygen atoms in total. The SMILES string of the molecule is COc1ccc(COC(=O)/C=C/c2ccc(OC(F)F)c(OC)c2)cc1. The highest BCUT2D eigenvalue weighted by molar-refractivity contribution is 5.87. The summed E-state index contributed by atoms with van der Waals surface area (Å²) in [7, 11) is 2.91. The number of carbonyl (C=O) groups is 1. The first-order valence-electron chi connectivity index (χ1n) is 7.62. The zero-order valence-electron chi connectivity index (χ0n) is 14.3. The van der Waals surface area contributed by atoms with Crippen molar-refractivity contribution in [3.63, 3.8) is 0 Å². The Kier molecular flexibility index (Phi) is 6.96. The van der Waals surface area contributed by atoms with E-state index in [1.54, 1.807) is 31.4 Å². The molecule has 0 aliphatic rings. The summed E-state index contributed by atoms with van der Waals surface area (Å²) in [6.07, 6.45) is 2.73. The van der Waals surface area contributed by atoms with Crippen LogP contribution in [0.3, 0.4) is 0 Å². The molecule has 2 aromatic carbocycles. The fourth-order valence-electron chi connectivity index (χ4n) is 2.07. The summed E-state index contributed by atoms with van der Waals surface area (Å²) in [5.41, 5.74) is 1.40. The van der Waals surface area contributed by atoms with Crippen molar-refractivity contribution in [1.82, 2.24) is 0 Å². The van der Waals surface area contributed by atoms with Crippen LogP contribution < -0.4 is 14.2 Å². The molecule has 2 rings (SSSR count). The van der Waals surface area contributed by atoms with E-state index in [2.05, 4.69) is 4.74 Å². The van der Waals surface area contributed by atoms with Gasteiger partial charge < -0.3 is 18.9 Å². The van der Waals surface area contributed by atoms with Crippen LogP contribution in [0.5, 0.6) is 17.2 Å². The van der Waals surface area contributed by atoms with Gasteiger partial charge in [0.25, 0.3) is 0 Å². The zero-order chi connectivity index (χ0) is 18.9. The van der Waals surface area contributed by atoms with Gasteiger partial charge in [0.1, 0.15) is 12.4 Å². The first kappa shape index (κ1) is 19.2. The van der Waals surface area contributed by atoms with E-state index in [4.69, 9.17) is 14.2 Å². The lowest BCUT2D eigenvalue weighted by atomic mass is 10.2. The second-order valence-corrected chi connectivity index (χ2v) is 5.08. The van der Waals surface area contributed by atoms with Gasteiger partial charge in [0.2, 0.25) is 0 Å². The summed E-state index contributed by atoms with van der Waals surface area (Å²) in [5.74, 6) is 0.238. The number of rotatable bonds is 8. The molecule has 0 N–H and O–H groups in total. The monoisotopic (exact) mass is 364 g/mol. The maximum atomic E-state index is 12.3. The molecule has 0 unspecified atom stereocenters. The molecule has 0 aliphatic heterocycles. The molecule has 0 atom stereocenters. The highest BCUT2D eigenvalue weighted by Crippen LogP contribution is 2.29. The topological polar surface area (TPSA) is 54.0 Å². The van der Waals surface area contributed by atoms with E-state index in [1.807, 2.05) is 0 Å². The minimum Gasteiger partial charge on any atom is -0.497 e. The second kappa shape index (κ2) is 9.41. The third-order valence-electron chi connectivity index (χ3n) is 3.36. The third kappa shape index (κ3) is 5.77. The van der Waals surface area contributed by atoms with Crippen LogP contribution in [0, 0.1) is 0 Å². The predicted molar refractivity (Wildman–Crippen MR) is 91.5 cm³/mol.